The molecule has 0 unspecified atom stereocenters. The first-order valence-electron chi connectivity index (χ1n) is 10.9. The fraction of sp³-hybridized carbons (Fsp3) is 0.478. The lowest BCUT2D eigenvalue weighted by Gasteiger charge is -2.22. The number of amides is 1. The van der Waals surface area contributed by atoms with Crippen LogP contribution in [-0.2, 0) is 9.53 Å². The molecule has 8 heteroatoms. The summed E-state index contributed by atoms with van der Waals surface area (Å²) < 4.78 is 5.52. The van der Waals surface area contributed by atoms with Crippen molar-refractivity contribution < 1.29 is 9.53 Å². The normalized spacial score (nSPS) is 24.0. The summed E-state index contributed by atoms with van der Waals surface area (Å²) in [5, 5.41) is 12.9. The summed E-state index contributed by atoms with van der Waals surface area (Å²) in [6.45, 7) is 3.94. The third-order valence-corrected chi connectivity index (χ3v) is 6.48. The highest BCUT2D eigenvalue weighted by Crippen LogP contribution is 2.51. The molecule has 1 atom stereocenters. The standard InChI is InChI=1S/C23H26N6O2/c24-16-23(17-2-3-17)7-10-29(22(23)30)18-6-8-25-21(14-18)27-20-5-4-19(15-26-20)28-9-1-12-31-13-11-28/h4-6,8,14-15,17H,1-3,7,9-13H2,(H,25,26,27)/t23-/m1/s1. The third-order valence-electron chi connectivity index (χ3n) is 6.48. The van der Waals surface area contributed by atoms with E-state index in [1.165, 1.54) is 0 Å². The molecule has 4 heterocycles. The van der Waals surface area contributed by atoms with E-state index < -0.39 is 5.41 Å². The third kappa shape index (κ3) is 3.81. The first-order valence-corrected chi connectivity index (χ1v) is 10.9. The van der Waals surface area contributed by atoms with Crippen LogP contribution in [0.1, 0.15) is 25.7 Å². The number of carbonyl (C=O) groups is 1. The van der Waals surface area contributed by atoms with Gasteiger partial charge in [0.2, 0.25) is 5.91 Å². The highest BCUT2D eigenvalue weighted by atomic mass is 16.5. The average Bonchev–Trinajstić information content (AvgIpc) is 3.62. The number of ether oxygens (including phenoxy) is 1. The van der Waals surface area contributed by atoms with E-state index in [-0.39, 0.29) is 11.8 Å². The number of nitriles is 1. The van der Waals surface area contributed by atoms with E-state index >= 15 is 0 Å². The number of pyridine rings is 2. The van der Waals surface area contributed by atoms with Crippen molar-refractivity contribution in [1.82, 2.24) is 9.97 Å². The highest BCUT2D eigenvalue weighted by molar-refractivity contribution is 6.02. The summed E-state index contributed by atoms with van der Waals surface area (Å²) in [7, 11) is 0. The molecule has 1 N–H and O–H groups in total. The zero-order valence-electron chi connectivity index (χ0n) is 17.5. The molecular formula is C23H26N6O2. The molecule has 3 fully saturated rings. The molecule has 2 aromatic heterocycles. The number of hydrogen-bond donors (Lipinski definition) is 1. The zero-order chi connectivity index (χ0) is 21.3. The van der Waals surface area contributed by atoms with Crippen molar-refractivity contribution in [2.45, 2.75) is 25.7 Å². The highest BCUT2D eigenvalue weighted by Gasteiger charge is 2.56. The molecule has 31 heavy (non-hydrogen) atoms. The minimum Gasteiger partial charge on any atom is -0.380 e. The van der Waals surface area contributed by atoms with Gasteiger partial charge >= 0.3 is 0 Å². The summed E-state index contributed by atoms with van der Waals surface area (Å²) in [5.74, 6) is 1.46. The molecule has 160 valence electrons. The van der Waals surface area contributed by atoms with E-state index in [4.69, 9.17) is 4.74 Å². The van der Waals surface area contributed by atoms with Crippen LogP contribution in [0.5, 0.6) is 0 Å². The SMILES string of the molecule is N#C[C@@]1(C2CC2)CCN(c2ccnc(Nc3ccc(N4CCCOCC4)cn3)c2)C1=O. The lowest BCUT2D eigenvalue weighted by atomic mass is 9.83. The van der Waals surface area contributed by atoms with Gasteiger partial charge < -0.3 is 19.9 Å². The van der Waals surface area contributed by atoms with Crippen molar-refractivity contribution in [3.63, 3.8) is 0 Å². The molecule has 0 spiro atoms. The largest absolute Gasteiger partial charge is 0.380 e. The number of rotatable bonds is 5. The van der Waals surface area contributed by atoms with Crippen molar-refractivity contribution in [3.8, 4) is 6.07 Å². The molecular weight excluding hydrogens is 392 g/mol. The van der Waals surface area contributed by atoms with Gasteiger partial charge in [-0.25, -0.2) is 9.97 Å². The second-order valence-corrected chi connectivity index (χ2v) is 8.44. The maximum atomic E-state index is 13.1. The lowest BCUT2D eigenvalue weighted by Crippen LogP contribution is -2.35. The second-order valence-electron chi connectivity index (χ2n) is 8.44. The topological polar surface area (TPSA) is 94.4 Å². The minimum atomic E-state index is -0.841. The van der Waals surface area contributed by atoms with Crippen LogP contribution in [0.4, 0.5) is 23.0 Å². The summed E-state index contributed by atoms with van der Waals surface area (Å²) in [5.41, 5.74) is 1.00. The van der Waals surface area contributed by atoms with Gasteiger partial charge in [-0.05, 0) is 49.8 Å². The number of anilines is 4. The number of nitrogens with one attached hydrogen (secondary N) is 1. The van der Waals surface area contributed by atoms with Crippen LogP contribution in [-0.4, -0.2) is 48.7 Å². The smallest absolute Gasteiger partial charge is 0.247 e. The van der Waals surface area contributed by atoms with Crippen LogP contribution in [0, 0.1) is 22.7 Å². The van der Waals surface area contributed by atoms with Gasteiger partial charge in [0.1, 0.15) is 17.1 Å². The number of nitrogens with zero attached hydrogens (tertiary/aromatic N) is 5. The van der Waals surface area contributed by atoms with Gasteiger partial charge in [-0.2, -0.15) is 5.26 Å². The van der Waals surface area contributed by atoms with Crippen LogP contribution >= 0.6 is 0 Å². The fourth-order valence-electron chi connectivity index (χ4n) is 4.57. The lowest BCUT2D eigenvalue weighted by molar-refractivity contribution is -0.123. The van der Waals surface area contributed by atoms with Crippen molar-refractivity contribution in [2.24, 2.45) is 11.3 Å². The Balaban J connectivity index is 1.29. The Morgan fingerprint density at radius 3 is 2.77 bits per heavy atom. The van der Waals surface area contributed by atoms with Crippen LogP contribution in [0.15, 0.2) is 36.7 Å². The van der Waals surface area contributed by atoms with E-state index in [1.807, 2.05) is 30.5 Å². The fourth-order valence-corrected chi connectivity index (χ4v) is 4.57. The van der Waals surface area contributed by atoms with E-state index in [0.29, 0.717) is 24.6 Å². The van der Waals surface area contributed by atoms with Gasteiger partial charge in [-0.15, -0.1) is 0 Å². The van der Waals surface area contributed by atoms with Crippen LogP contribution in [0.2, 0.25) is 0 Å². The maximum Gasteiger partial charge on any atom is 0.247 e. The van der Waals surface area contributed by atoms with Gasteiger partial charge in [0, 0.05) is 44.2 Å². The quantitative estimate of drug-likeness (QED) is 0.797. The molecule has 8 nitrogen and oxygen atoms in total. The first-order chi connectivity index (χ1) is 15.2. The Bertz CT molecular complexity index is 992. The van der Waals surface area contributed by atoms with Crippen molar-refractivity contribution >= 4 is 28.9 Å². The molecule has 5 rings (SSSR count). The first kappa shape index (κ1) is 19.8. The average molecular weight is 419 g/mol. The Morgan fingerprint density at radius 1 is 1.10 bits per heavy atom. The molecule has 3 aliphatic rings. The molecule has 1 amide bonds. The monoisotopic (exact) mass is 418 g/mol. The molecule has 2 aliphatic heterocycles. The molecule has 2 saturated heterocycles. The predicted octanol–water partition coefficient (Wildman–Crippen LogP) is 3.10. The Labute approximate surface area is 181 Å². The maximum absolute atomic E-state index is 13.1. The Morgan fingerprint density at radius 2 is 2.00 bits per heavy atom. The van der Waals surface area contributed by atoms with Crippen molar-refractivity contribution in [2.75, 3.05) is 48.0 Å². The Hall–Kier alpha value is -3.18. The van der Waals surface area contributed by atoms with E-state index in [9.17, 15) is 10.1 Å². The molecule has 0 bridgehead atoms. The summed E-state index contributed by atoms with van der Waals surface area (Å²) in [6.07, 6.45) is 7.10. The van der Waals surface area contributed by atoms with E-state index in [0.717, 1.165) is 56.9 Å². The van der Waals surface area contributed by atoms with Crippen molar-refractivity contribution in [1.29, 1.82) is 5.26 Å². The van der Waals surface area contributed by atoms with E-state index in [1.54, 1.807) is 11.1 Å². The summed E-state index contributed by atoms with van der Waals surface area (Å²) >= 11 is 0. The molecule has 1 saturated carbocycles. The second kappa shape index (κ2) is 8.16. The summed E-state index contributed by atoms with van der Waals surface area (Å²) in [6, 6.07) is 9.99. The van der Waals surface area contributed by atoms with Gasteiger partial charge in [0.25, 0.3) is 0 Å². The van der Waals surface area contributed by atoms with Crippen LogP contribution in [0.3, 0.4) is 0 Å². The van der Waals surface area contributed by atoms with Crippen molar-refractivity contribution in [3.05, 3.63) is 36.7 Å². The molecule has 0 radical (unpaired) electrons. The number of hydrogen-bond acceptors (Lipinski definition) is 7. The van der Waals surface area contributed by atoms with Gasteiger partial charge in [-0.3, -0.25) is 4.79 Å². The van der Waals surface area contributed by atoms with Crippen LogP contribution < -0.4 is 15.1 Å². The number of carbonyl (C=O) groups excluding carboxylic acids is 1. The van der Waals surface area contributed by atoms with Gasteiger partial charge in [0.05, 0.1) is 24.6 Å². The molecule has 2 aromatic rings. The number of aromatic nitrogens is 2. The molecule has 1 aliphatic carbocycles. The predicted molar refractivity (Wildman–Crippen MR) is 117 cm³/mol. The zero-order valence-corrected chi connectivity index (χ0v) is 17.5. The summed E-state index contributed by atoms with van der Waals surface area (Å²) in [4.78, 5) is 26.0. The van der Waals surface area contributed by atoms with Crippen LogP contribution in [0.25, 0.3) is 0 Å². The van der Waals surface area contributed by atoms with Gasteiger partial charge in [0.15, 0.2) is 0 Å². The van der Waals surface area contributed by atoms with Gasteiger partial charge in [-0.1, -0.05) is 0 Å². The molecule has 0 aromatic carbocycles. The Kier molecular flexibility index (Phi) is 5.20. The minimum absolute atomic E-state index is 0.0708. The van der Waals surface area contributed by atoms with E-state index in [2.05, 4.69) is 26.3 Å².